The number of hydrogen-bond acceptors (Lipinski definition) is 4. The minimum Gasteiger partial charge on any atom is -0.480 e. The molecule has 0 fully saturated rings. The number of carbonyl (C=O) groups is 2. The summed E-state index contributed by atoms with van der Waals surface area (Å²) in [6.45, 7) is 0.562. The van der Waals surface area contributed by atoms with Crippen molar-refractivity contribution < 1.29 is 24.9 Å². The maximum atomic E-state index is 11.9. The van der Waals surface area contributed by atoms with Gasteiger partial charge < -0.3 is 20.3 Å². The Kier molecular flexibility index (Phi) is 3.97. The van der Waals surface area contributed by atoms with Crippen molar-refractivity contribution in [1.82, 2.24) is 10.3 Å². The molecule has 7 heteroatoms. The molecule has 112 valence electrons. The van der Waals surface area contributed by atoms with E-state index in [2.05, 4.69) is 10.3 Å². The number of carboxylic acids is 1. The Balaban J connectivity index is 0.00000161. The van der Waals surface area contributed by atoms with Gasteiger partial charge in [0.1, 0.15) is 6.04 Å². The highest BCUT2D eigenvalue weighted by Gasteiger charge is 2.30. The number of methoxy groups -OCH3 is 1. The lowest BCUT2D eigenvalue weighted by atomic mass is 9.97. The second kappa shape index (κ2) is 5.55. The van der Waals surface area contributed by atoms with Crippen LogP contribution in [0.3, 0.4) is 0 Å². The van der Waals surface area contributed by atoms with Crippen molar-refractivity contribution in [3.8, 4) is 0 Å². The third-order valence-electron chi connectivity index (χ3n) is 3.63. The Morgan fingerprint density at radius 3 is 2.81 bits per heavy atom. The molecule has 0 saturated heterocycles. The lowest BCUT2D eigenvalue weighted by molar-refractivity contribution is -0.139. The number of hydrogen-bond donors (Lipinski definition) is 3. The van der Waals surface area contributed by atoms with Crippen molar-refractivity contribution >= 4 is 22.8 Å². The zero-order valence-corrected chi connectivity index (χ0v) is 11.4. The predicted octanol–water partition coefficient (Wildman–Crippen LogP) is 0.401. The lowest BCUT2D eigenvalue weighted by Crippen LogP contribution is -2.34. The summed E-state index contributed by atoms with van der Waals surface area (Å²) in [6, 6.07) is 4.51. The lowest BCUT2D eigenvalue weighted by Gasteiger charge is -2.20. The molecule has 2 aromatic rings. The van der Waals surface area contributed by atoms with Gasteiger partial charge in [0.25, 0.3) is 0 Å². The highest BCUT2D eigenvalue weighted by Crippen LogP contribution is 2.32. The van der Waals surface area contributed by atoms with Crippen LogP contribution in [0.15, 0.2) is 18.2 Å². The number of fused-ring (bicyclic) bond motifs is 3. The Morgan fingerprint density at radius 1 is 1.38 bits per heavy atom. The highest BCUT2D eigenvalue weighted by molar-refractivity contribution is 6.06. The second-order valence-corrected chi connectivity index (χ2v) is 4.71. The van der Waals surface area contributed by atoms with Crippen molar-refractivity contribution in [2.75, 3.05) is 13.7 Å². The minimum absolute atomic E-state index is 0. The van der Waals surface area contributed by atoms with Gasteiger partial charge in [-0.15, -0.1) is 0 Å². The Morgan fingerprint density at radius 2 is 2.14 bits per heavy atom. The molecular weight excluding hydrogens is 276 g/mol. The van der Waals surface area contributed by atoms with Crippen molar-refractivity contribution in [3.05, 3.63) is 35.0 Å². The van der Waals surface area contributed by atoms with Gasteiger partial charge in [0.2, 0.25) is 0 Å². The average molecular weight is 292 g/mol. The van der Waals surface area contributed by atoms with Gasteiger partial charge in [0.15, 0.2) is 0 Å². The first-order valence-corrected chi connectivity index (χ1v) is 6.31. The minimum atomic E-state index is -0.933. The molecule has 5 N–H and O–H groups in total. The van der Waals surface area contributed by atoms with Gasteiger partial charge in [0.05, 0.1) is 12.7 Å². The number of nitrogens with one attached hydrogen (secondary N) is 2. The van der Waals surface area contributed by atoms with Gasteiger partial charge >= 0.3 is 11.9 Å². The quantitative estimate of drug-likeness (QED) is 0.691. The number of carbonyl (C=O) groups excluding carboxylic acids is 1. The summed E-state index contributed by atoms with van der Waals surface area (Å²) in [5, 5.41) is 13.0. The second-order valence-electron chi connectivity index (χ2n) is 4.71. The van der Waals surface area contributed by atoms with Gasteiger partial charge in [-0.05, 0) is 24.1 Å². The molecule has 0 amide bonds. The van der Waals surface area contributed by atoms with E-state index in [0.717, 1.165) is 16.5 Å². The fourth-order valence-corrected chi connectivity index (χ4v) is 2.78. The fraction of sp³-hybridized carbons (Fsp3) is 0.286. The van der Waals surface area contributed by atoms with Crippen LogP contribution in [-0.2, 0) is 16.0 Å². The summed E-state index contributed by atoms with van der Waals surface area (Å²) in [5.41, 5.74) is 2.73. The van der Waals surface area contributed by atoms with Gasteiger partial charge in [-0.25, -0.2) is 4.79 Å². The molecule has 1 aromatic heterocycles. The van der Waals surface area contributed by atoms with Crippen LogP contribution < -0.4 is 5.32 Å². The molecule has 1 aromatic carbocycles. The molecule has 3 rings (SSSR count). The number of aromatic amines is 1. The molecule has 7 nitrogen and oxygen atoms in total. The van der Waals surface area contributed by atoms with E-state index in [1.807, 2.05) is 6.07 Å². The standard InChI is InChI=1S/C14H14N2O4.H2O/c1-20-14(19)8-3-2-4-9-10(8)7-5-6-15-12(13(17)18)11(7)16-9;/h2-4,12,15-16H,5-6H2,1H3,(H,17,18);1H2. The third kappa shape index (κ3) is 2.26. The maximum Gasteiger partial charge on any atom is 0.338 e. The summed E-state index contributed by atoms with van der Waals surface area (Å²) in [4.78, 5) is 26.3. The summed E-state index contributed by atoms with van der Waals surface area (Å²) in [6.07, 6.45) is 0.674. The smallest absolute Gasteiger partial charge is 0.338 e. The van der Waals surface area contributed by atoms with E-state index in [4.69, 9.17) is 4.74 Å². The summed E-state index contributed by atoms with van der Waals surface area (Å²) >= 11 is 0. The van der Waals surface area contributed by atoms with Gasteiger partial charge in [-0.1, -0.05) is 6.07 Å². The molecule has 0 aliphatic carbocycles. The van der Waals surface area contributed by atoms with Crippen LogP contribution in [0, 0.1) is 0 Å². The zero-order valence-electron chi connectivity index (χ0n) is 11.4. The average Bonchev–Trinajstić information content (AvgIpc) is 2.84. The molecule has 1 aliphatic rings. The van der Waals surface area contributed by atoms with Crippen LogP contribution in [-0.4, -0.2) is 41.2 Å². The molecular formula is C14H16N2O5. The van der Waals surface area contributed by atoms with Crippen molar-refractivity contribution in [1.29, 1.82) is 0 Å². The predicted molar refractivity (Wildman–Crippen MR) is 75.3 cm³/mol. The maximum absolute atomic E-state index is 11.9. The SMILES string of the molecule is COC(=O)c1cccc2[nH]c3c(c12)CCNC3C(=O)O.O. The van der Waals surface area contributed by atoms with Crippen molar-refractivity contribution in [2.45, 2.75) is 12.5 Å². The number of H-pyrrole nitrogens is 1. The number of esters is 1. The molecule has 0 saturated carbocycles. The van der Waals surface area contributed by atoms with Crippen LogP contribution in [0.25, 0.3) is 10.9 Å². The van der Waals surface area contributed by atoms with E-state index < -0.39 is 18.0 Å². The summed E-state index contributed by atoms with van der Waals surface area (Å²) in [5.74, 6) is -1.35. The van der Waals surface area contributed by atoms with Crippen LogP contribution in [0.4, 0.5) is 0 Å². The summed E-state index contributed by atoms with van der Waals surface area (Å²) in [7, 11) is 1.34. The largest absolute Gasteiger partial charge is 0.480 e. The molecule has 1 unspecified atom stereocenters. The zero-order chi connectivity index (χ0) is 14.3. The number of aromatic nitrogens is 1. The first-order valence-electron chi connectivity index (χ1n) is 6.31. The Bertz CT molecular complexity index is 707. The normalized spacial score (nSPS) is 16.9. The fourth-order valence-electron chi connectivity index (χ4n) is 2.78. The molecule has 2 heterocycles. The highest BCUT2D eigenvalue weighted by atomic mass is 16.5. The van der Waals surface area contributed by atoms with E-state index in [0.29, 0.717) is 24.2 Å². The van der Waals surface area contributed by atoms with E-state index in [1.165, 1.54) is 7.11 Å². The molecule has 0 bridgehead atoms. The molecule has 1 atom stereocenters. The molecule has 21 heavy (non-hydrogen) atoms. The number of rotatable bonds is 2. The number of carboxylic acid groups (broad SMARTS) is 1. The van der Waals surface area contributed by atoms with Gasteiger partial charge in [-0.3, -0.25) is 10.1 Å². The van der Waals surface area contributed by atoms with E-state index >= 15 is 0 Å². The van der Waals surface area contributed by atoms with Crippen LogP contribution in [0.1, 0.15) is 27.7 Å². The third-order valence-corrected chi connectivity index (χ3v) is 3.63. The molecule has 0 radical (unpaired) electrons. The van der Waals surface area contributed by atoms with Crippen molar-refractivity contribution in [2.24, 2.45) is 0 Å². The number of aliphatic carboxylic acids is 1. The first kappa shape index (κ1) is 15.0. The topological polar surface area (TPSA) is 123 Å². The van der Waals surface area contributed by atoms with E-state index in [1.54, 1.807) is 12.1 Å². The molecule has 1 aliphatic heterocycles. The summed E-state index contributed by atoms with van der Waals surface area (Å²) < 4.78 is 4.79. The number of benzene rings is 1. The van der Waals surface area contributed by atoms with Gasteiger partial charge in [0, 0.05) is 23.1 Å². The van der Waals surface area contributed by atoms with Crippen molar-refractivity contribution in [3.63, 3.8) is 0 Å². The van der Waals surface area contributed by atoms with E-state index in [9.17, 15) is 14.7 Å². The van der Waals surface area contributed by atoms with Crippen LogP contribution in [0.2, 0.25) is 0 Å². The molecule has 0 spiro atoms. The van der Waals surface area contributed by atoms with Gasteiger partial charge in [-0.2, -0.15) is 0 Å². The monoisotopic (exact) mass is 292 g/mol. The van der Waals surface area contributed by atoms with Crippen LogP contribution in [0.5, 0.6) is 0 Å². The Hall–Kier alpha value is -2.38. The number of ether oxygens (including phenoxy) is 1. The van der Waals surface area contributed by atoms with E-state index in [-0.39, 0.29) is 5.48 Å². The van der Waals surface area contributed by atoms with Crippen LogP contribution >= 0.6 is 0 Å². The first-order chi connectivity index (χ1) is 9.63. The Labute approximate surface area is 120 Å².